The first-order valence-corrected chi connectivity index (χ1v) is 6.82. The highest BCUT2D eigenvalue weighted by atomic mass is 16.7. The Labute approximate surface area is 118 Å². The number of carbonyl (C=O) groups excluding carboxylic acids is 2. The molecule has 0 aliphatic heterocycles. The van der Waals surface area contributed by atoms with Crippen LogP contribution in [0.15, 0.2) is 11.6 Å². The summed E-state index contributed by atoms with van der Waals surface area (Å²) in [5.41, 5.74) is 1.10. The van der Waals surface area contributed by atoms with E-state index < -0.39 is 6.09 Å². The number of alkyl carbamates (subject to hydrolysis) is 1. The third kappa shape index (κ3) is 3.37. The lowest BCUT2D eigenvalue weighted by Gasteiger charge is -2.20. The third-order valence-corrected chi connectivity index (χ3v) is 3.99. The van der Waals surface area contributed by atoms with Crippen LogP contribution >= 0.6 is 0 Å². The first-order chi connectivity index (χ1) is 9.65. The summed E-state index contributed by atoms with van der Waals surface area (Å²) in [5.74, 6) is 0.472. The number of carbonyl (C=O) groups is 2. The maximum absolute atomic E-state index is 12.1. The van der Waals surface area contributed by atoms with Crippen molar-refractivity contribution in [3.8, 4) is 0 Å². The van der Waals surface area contributed by atoms with Crippen LogP contribution in [0.5, 0.6) is 0 Å². The molecule has 0 aromatic rings. The van der Waals surface area contributed by atoms with Crippen molar-refractivity contribution in [3.63, 3.8) is 0 Å². The van der Waals surface area contributed by atoms with E-state index in [0.717, 1.165) is 18.4 Å². The van der Waals surface area contributed by atoms with Gasteiger partial charge in [-0.25, -0.2) is 4.79 Å². The molecule has 2 bridgehead atoms. The van der Waals surface area contributed by atoms with Crippen LogP contribution in [0.25, 0.3) is 0 Å². The molecule has 112 valence electrons. The molecule has 2 rings (SSSR count). The van der Waals surface area contributed by atoms with Crippen molar-refractivity contribution in [1.29, 1.82) is 0 Å². The Hall–Kier alpha value is -1.40. The lowest BCUT2D eigenvalue weighted by Crippen LogP contribution is -2.27. The van der Waals surface area contributed by atoms with Gasteiger partial charge in [0.2, 0.25) is 0 Å². The van der Waals surface area contributed by atoms with Gasteiger partial charge in [0, 0.05) is 19.6 Å². The van der Waals surface area contributed by atoms with E-state index in [1.807, 2.05) is 0 Å². The molecular weight excluding hydrogens is 262 g/mol. The van der Waals surface area contributed by atoms with Crippen molar-refractivity contribution in [2.75, 3.05) is 27.6 Å². The molecule has 2 aliphatic rings. The zero-order chi connectivity index (χ0) is 14.5. The third-order valence-electron chi connectivity index (χ3n) is 3.99. The fourth-order valence-corrected chi connectivity index (χ4v) is 3.01. The molecule has 6 heteroatoms. The highest BCUT2D eigenvalue weighted by molar-refractivity contribution is 5.94. The van der Waals surface area contributed by atoms with Gasteiger partial charge in [-0.15, -0.1) is 0 Å². The largest absolute Gasteiger partial charge is 0.453 e. The Balaban J connectivity index is 1.87. The summed E-state index contributed by atoms with van der Waals surface area (Å²) in [7, 11) is 2.91. The number of rotatable bonds is 6. The summed E-state index contributed by atoms with van der Waals surface area (Å²) in [6, 6.07) is 0. The van der Waals surface area contributed by atoms with Crippen molar-refractivity contribution in [3.05, 3.63) is 11.6 Å². The normalized spacial score (nSPS) is 28.2. The second kappa shape index (κ2) is 6.85. The van der Waals surface area contributed by atoms with Gasteiger partial charge >= 0.3 is 6.09 Å². The zero-order valence-electron chi connectivity index (χ0n) is 11.9. The van der Waals surface area contributed by atoms with Crippen molar-refractivity contribution in [1.82, 2.24) is 5.32 Å². The van der Waals surface area contributed by atoms with Crippen LogP contribution in [0, 0.1) is 11.8 Å². The average molecular weight is 283 g/mol. The molecule has 1 amide bonds. The van der Waals surface area contributed by atoms with Gasteiger partial charge in [0.1, 0.15) is 6.79 Å². The number of ketones is 1. The van der Waals surface area contributed by atoms with Crippen LogP contribution in [0.1, 0.15) is 19.3 Å². The summed E-state index contributed by atoms with van der Waals surface area (Å²) in [6.07, 6.45) is 3.61. The smallest absolute Gasteiger partial charge is 0.406 e. The zero-order valence-corrected chi connectivity index (χ0v) is 11.9. The van der Waals surface area contributed by atoms with Crippen molar-refractivity contribution >= 4 is 11.9 Å². The molecule has 1 N–H and O–H groups in total. The van der Waals surface area contributed by atoms with E-state index in [9.17, 15) is 9.59 Å². The summed E-state index contributed by atoms with van der Waals surface area (Å²) >= 11 is 0. The Morgan fingerprint density at radius 2 is 2.20 bits per heavy atom. The van der Waals surface area contributed by atoms with Crippen LogP contribution in [-0.2, 0) is 19.0 Å². The molecule has 0 aromatic heterocycles. The number of methoxy groups -OCH3 is 2. The van der Waals surface area contributed by atoms with Gasteiger partial charge in [0.05, 0.1) is 13.2 Å². The molecule has 0 aromatic carbocycles. The number of nitrogens with one attached hydrogen (secondary N) is 1. The van der Waals surface area contributed by atoms with Gasteiger partial charge in [-0.3, -0.25) is 4.79 Å². The highest BCUT2D eigenvalue weighted by Crippen LogP contribution is 2.43. The molecule has 1 saturated carbocycles. The fourth-order valence-electron chi connectivity index (χ4n) is 3.01. The van der Waals surface area contributed by atoms with Crippen molar-refractivity contribution in [2.24, 2.45) is 11.8 Å². The number of hydrogen-bond acceptors (Lipinski definition) is 5. The van der Waals surface area contributed by atoms with Gasteiger partial charge in [-0.2, -0.15) is 0 Å². The van der Waals surface area contributed by atoms with Crippen molar-refractivity contribution in [2.45, 2.75) is 25.4 Å². The molecule has 3 atom stereocenters. The van der Waals surface area contributed by atoms with Gasteiger partial charge in [0.15, 0.2) is 5.78 Å². The molecule has 0 unspecified atom stereocenters. The van der Waals surface area contributed by atoms with E-state index in [-0.39, 0.29) is 24.6 Å². The van der Waals surface area contributed by atoms with Crippen LogP contribution in [0.2, 0.25) is 0 Å². The van der Waals surface area contributed by atoms with Gasteiger partial charge < -0.3 is 19.5 Å². The van der Waals surface area contributed by atoms with E-state index in [2.05, 4.69) is 10.1 Å². The number of hydrogen-bond donors (Lipinski definition) is 1. The van der Waals surface area contributed by atoms with Gasteiger partial charge in [-0.1, -0.05) is 5.57 Å². The standard InChI is InChI=1S/C14H21NO5/c1-18-8-20-13-7-10-5-11(13)12(16)6-9(10)3-4-15-14(17)19-2/h6,10-11,13H,3-5,7-8H2,1-2H3,(H,15,17)/t10-,11-,13-/m0/s1. The SMILES string of the molecule is COCO[C@H]1C[C@@H]2C[C@H]1C(=O)C=C2CCNC(=O)OC. The first kappa shape index (κ1) is 15.0. The monoisotopic (exact) mass is 283 g/mol. The maximum atomic E-state index is 12.1. The van der Waals surface area contributed by atoms with E-state index >= 15 is 0 Å². The summed E-state index contributed by atoms with van der Waals surface area (Å²) in [6.45, 7) is 0.705. The average Bonchev–Trinajstić information content (AvgIpc) is 2.82. The lowest BCUT2D eigenvalue weighted by atomic mass is 9.86. The predicted molar refractivity (Wildman–Crippen MR) is 71.1 cm³/mol. The van der Waals surface area contributed by atoms with Crippen LogP contribution in [-0.4, -0.2) is 45.5 Å². The second-order valence-electron chi connectivity index (χ2n) is 5.18. The Kier molecular flexibility index (Phi) is 5.14. The molecule has 20 heavy (non-hydrogen) atoms. The van der Waals surface area contributed by atoms with E-state index in [4.69, 9.17) is 9.47 Å². The molecule has 2 aliphatic carbocycles. The molecule has 0 radical (unpaired) electrons. The van der Waals surface area contributed by atoms with E-state index in [1.165, 1.54) is 7.11 Å². The highest BCUT2D eigenvalue weighted by Gasteiger charge is 2.43. The van der Waals surface area contributed by atoms with Crippen LogP contribution in [0.4, 0.5) is 4.79 Å². The fraction of sp³-hybridized carbons (Fsp3) is 0.714. The Morgan fingerprint density at radius 3 is 2.90 bits per heavy atom. The summed E-state index contributed by atoms with van der Waals surface area (Å²) in [5, 5.41) is 2.63. The topological polar surface area (TPSA) is 73.9 Å². The van der Waals surface area contributed by atoms with Gasteiger partial charge in [0.25, 0.3) is 0 Å². The maximum Gasteiger partial charge on any atom is 0.406 e. The minimum atomic E-state index is -0.446. The van der Waals surface area contributed by atoms with Crippen molar-refractivity contribution < 1.29 is 23.8 Å². The predicted octanol–water partition coefficient (Wildman–Crippen LogP) is 1.26. The quantitative estimate of drug-likeness (QED) is 0.743. The lowest BCUT2D eigenvalue weighted by molar-refractivity contribution is -0.127. The summed E-state index contributed by atoms with van der Waals surface area (Å²) < 4.78 is 15.0. The summed E-state index contributed by atoms with van der Waals surface area (Å²) in [4.78, 5) is 23.1. The number of amides is 1. The molecule has 0 saturated heterocycles. The van der Waals surface area contributed by atoms with Crippen LogP contribution in [0.3, 0.4) is 0 Å². The minimum Gasteiger partial charge on any atom is -0.453 e. The van der Waals surface area contributed by atoms with E-state index in [0.29, 0.717) is 18.9 Å². The molecule has 0 heterocycles. The van der Waals surface area contributed by atoms with Gasteiger partial charge in [-0.05, 0) is 31.3 Å². The molecule has 6 nitrogen and oxygen atoms in total. The first-order valence-electron chi connectivity index (χ1n) is 6.82. The number of fused-ring (bicyclic) bond motifs is 2. The molecule has 1 fully saturated rings. The number of allylic oxidation sites excluding steroid dienone is 1. The van der Waals surface area contributed by atoms with Crippen LogP contribution < -0.4 is 5.32 Å². The molecular formula is C14H21NO5. The Bertz CT molecular complexity index is 406. The Morgan fingerprint density at radius 1 is 1.40 bits per heavy atom. The number of ether oxygens (including phenoxy) is 3. The second-order valence-corrected chi connectivity index (χ2v) is 5.18. The molecule has 0 spiro atoms. The minimum absolute atomic E-state index is 0.0348. The van der Waals surface area contributed by atoms with E-state index in [1.54, 1.807) is 13.2 Å².